The maximum atomic E-state index is 11.9. The molecule has 0 saturated carbocycles. The van der Waals surface area contributed by atoms with Gasteiger partial charge in [-0.3, -0.25) is 4.79 Å². The van der Waals surface area contributed by atoms with Gasteiger partial charge in [0.1, 0.15) is 0 Å². The average molecular weight is 216 g/mol. The van der Waals surface area contributed by atoms with E-state index >= 15 is 0 Å². The van der Waals surface area contributed by atoms with Crippen molar-refractivity contribution in [1.82, 2.24) is 0 Å². The summed E-state index contributed by atoms with van der Waals surface area (Å²) in [7, 11) is 0. The fourth-order valence-electron chi connectivity index (χ4n) is 1.08. The van der Waals surface area contributed by atoms with Gasteiger partial charge in [-0.25, -0.2) is 0 Å². The van der Waals surface area contributed by atoms with E-state index in [1.165, 1.54) is 6.07 Å². The molecule has 0 amide bonds. The summed E-state index contributed by atoms with van der Waals surface area (Å²) in [6.07, 6.45) is 0.263. The molecule has 0 saturated heterocycles. The third-order valence-electron chi connectivity index (χ3n) is 1.82. The molecule has 1 rings (SSSR count). The number of ketones is 1. The standard InChI is InChI=1S/C10H10F2O3/c1-2-7(13)6-3-4-8(14)9(5-6)15-10(11)12/h3-5,10,14H,2H2,1H3. The molecule has 5 heteroatoms. The minimum atomic E-state index is -3.03. The number of alkyl halides is 2. The van der Waals surface area contributed by atoms with Crippen molar-refractivity contribution in [3.05, 3.63) is 23.8 Å². The molecule has 82 valence electrons. The van der Waals surface area contributed by atoms with Crippen LogP contribution in [-0.2, 0) is 0 Å². The molecule has 0 aliphatic heterocycles. The van der Waals surface area contributed by atoms with Crippen LogP contribution in [0.25, 0.3) is 0 Å². The van der Waals surface area contributed by atoms with Crippen LogP contribution in [0.1, 0.15) is 23.7 Å². The number of benzene rings is 1. The molecule has 1 aromatic rings. The Hall–Kier alpha value is -1.65. The van der Waals surface area contributed by atoms with Crippen molar-refractivity contribution >= 4 is 5.78 Å². The normalized spacial score (nSPS) is 10.4. The van der Waals surface area contributed by atoms with Gasteiger partial charge in [0.25, 0.3) is 0 Å². The summed E-state index contributed by atoms with van der Waals surface area (Å²) in [6, 6.07) is 3.62. The van der Waals surface area contributed by atoms with Crippen LogP contribution >= 0.6 is 0 Å². The van der Waals surface area contributed by atoms with E-state index in [4.69, 9.17) is 5.11 Å². The van der Waals surface area contributed by atoms with Crippen molar-refractivity contribution in [3.63, 3.8) is 0 Å². The Morgan fingerprint density at radius 1 is 1.53 bits per heavy atom. The van der Waals surface area contributed by atoms with Crippen molar-refractivity contribution in [2.75, 3.05) is 0 Å². The molecule has 0 fully saturated rings. The molecule has 0 radical (unpaired) electrons. The van der Waals surface area contributed by atoms with Crippen molar-refractivity contribution in [3.8, 4) is 11.5 Å². The Balaban J connectivity index is 2.99. The number of Topliss-reactive ketones (excluding diaryl/α,β-unsaturated/α-hetero) is 1. The van der Waals surface area contributed by atoms with Gasteiger partial charge in [0.2, 0.25) is 0 Å². The second-order valence-corrected chi connectivity index (χ2v) is 2.84. The van der Waals surface area contributed by atoms with Gasteiger partial charge in [-0.05, 0) is 18.2 Å². The molecule has 0 aliphatic carbocycles. The smallest absolute Gasteiger partial charge is 0.387 e. The van der Waals surface area contributed by atoms with Crippen LogP contribution < -0.4 is 4.74 Å². The molecule has 0 spiro atoms. The topological polar surface area (TPSA) is 46.5 Å². The molecule has 0 aromatic heterocycles. The fraction of sp³-hybridized carbons (Fsp3) is 0.300. The Morgan fingerprint density at radius 3 is 2.73 bits per heavy atom. The zero-order valence-electron chi connectivity index (χ0n) is 8.04. The number of carbonyl (C=O) groups excluding carboxylic acids is 1. The molecule has 0 heterocycles. The van der Waals surface area contributed by atoms with E-state index in [0.717, 1.165) is 12.1 Å². The Kier molecular flexibility index (Phi) is 3.60. The third kappa shape index (κ3) is 2.90. The molecule has 3 nitrogen and oxygen atoms in total. The number of hydrogen-bond donors (Lipinski definition) is 1. The number of aromatic hydroxyl groups is 1. The summed E-state index contributed by atoms with van der Waals surface area (Å²) in [4.78, 5) is 11.2. The van der Waals surface area contributed by atoms with Gasteiger partial charge in [0.05, 0.1) is 0 Å². The fourth-order valence-corrected chi connectivity index (χ4v) is 1.08. The molecule has 1 aromatic carbocycles. The average Bonchev–Trinajstić information content (AvgIpc) is 2.19. The minimum Gasteiger partial charge on any atom is -0.504 e. The van der Waals surface area contributed by atoms with Gasteiger partial charge in [0, 0.05) is 12.0 Å². The number of phenolic OH excluding ortho intramolecular Hbond substituents is 1. The van der Waals surface area contributed by atoms with Crippen LogP contribution in [0.15, 0.2) is 18.2 Å². The summed E-state index contributed by atoms with van der Waals surface area (Å²) in [5, 5.41) is 9.17. The summed E-state index contributed by atoms with van der Waals surface area (Å²) in [5.74, 6) is -0.999. The van der Waals surface area contributed by atoms with Gasteiger partial charge >= 0.3 is 6.61 Å². The zero-order chi connectivity index (χ0) is 11.4. The van der Waals surface area contributed by atoms with Crippen molar-refractivity contribution in [2.24, 2.45) is 0 Å². The number of carbonyl (C=O) groups is 1. The van der Waals surface area contributed by atoms with Crippen molar-refractivity contribution in [2.45, 2.75) is 20.0 Å². The lowest BCUT2D eigenvalue weighted by Gasteiger charge is -2.07. The molecule has 0 atom stereocenters. The quantitative estimate of drug-likeness (QED) is 0.787. The predicted octanol–water partition coefficient (Wildman–Crippen LogP) is 2.59. The van der Waals surface area contributed by atoms with Crippen LogP contribution in [-0.4, -0.2) is 17.5 Å². The zero-order valence-corrected chi connectivity index (χ0v) is 8.04. The van der Waals surface area contributed by atoms with E-state index in [9.17, 15) is 13.6 Å². The first kappa shape index (κ1) is 11.4. The van der Waals surface area contributed by atoms with E-state index in [1.807, 2.05) is 0 Å². The maximum Gasteiger partial charge on any atom is 0.387 e. The number of rotatable bonds is 4. The van der Waals surface area contributed by atoms with E-state index in [0.29, 0.717) is 0 Å². The number of phenols is 1. The highest BCUT2D eigenvalue weighted by molar-refractivity contribution is 5.96. The second kappa shape index (κ2) is 4.72. The lowest BCUT2D eigenvalue weighted by Crippen LogP contribution is -2.04. The Bertz CT molecular complexity index is 364. The maximum absolute atomic E-state index is 11.9. The minimum absolute atomic E-state index is 0.200. The highest BCUT2D eigenvalue weighted by Gasteiger charge is 2.12. The highest BCUT2D eigenvalue weighted by Crippen LogP contribution is 2.28. The van der Waals surface area contributed by atoms with Crippen molar-refractivity contribution in [1.29, 1.82) is 0 Å². The van der Waals surface area contributed by atoms with Gasteiger partial charge in [-0.2, -0.15) is 8.78 Å². The van der Waals surface area contributed by atoms with Crippen LogP contribution in [0.3, 0.4) is 0 Å². The van der Waals surface area contributed by atoms with Gasteiger partial charge in [-0.1, -0.05) is 6.92 Å². The van der Waals surface area contributed by atoms with Gasteiger partial charge in [0.15, 0.2) is 17.3 Å². The SMILES string of the molecule is CCC(=O)c1ccc(O)c(OC(F)F)c1. The number of ether oxygens (including phenoxy) is 1. The van der Waals surface area contributed by atoms with Gasteiger partial charge in [-0.15, -0.1) is 0 Å². The van der Waals surface area contributed by atoms with Gasteiger partial charge < -0.3 is 9.84 Å². The van der Waals surface area contributed by atoms with Crippen LogP contribution in [0.4, 0.5) is 8.78 Å². The lowest BCUT2D eigenvalue weighted by molar-refractivity contribution is -0.0512. The second-order valence-electron chi connectivity index (χ2n) is 2.84. The number of halogens is 2. The van der Waals surface area contributed by atoms with E-state index in [-0.39, 0.29) is 23.5 Å². The Labute approximate surface area is 85.3 Å². The van der Waals surface area contributed by atoms with Crippen LogP contribution in [0, 0.1) is 0 Å². The summed E-state index contributed by atoms with van der Waals surface area (Å²) in [5.41, 5.74) is 0.242. The van der Waals surface area contributed by atoms with Crippen LogP contribution in [0.2, 0.25) is 0 Å². The predicted molar refractivity (Wildman–Crippen MR) is 49.4 cm³/mol. The number of hydrogen-bond acceptors (Lipinski definition) is 3. The lowest BCUT2D eigenvalue weighted by atomic mass is 10.1. The first-order valence-electron chi connectivity index (χ1n) is 4.35. The molecule has 15 heavy (non-hydrogen) atoms. The van der Waals surface area contributed by atoms with Crippen LogP contribution in [0.5, 0.6) is 11.5 Å². The van der Waals surface area contributed by atoms with Crippen molar-refractivity contribution < 1.29 is 23.4 Å². The molecule has 0 unspecified atom stereocenters. The monoisotopic (exact) mass is 216 g/mol. The van der Waals surface area contributed by atoms with E-state index in [2.05, 4.69) is 4.74 Å². The summed E-state index contributed by atoms with van der Waals surface area (Å²) >= 11 is 0. The molecule has 0 bridgehead atoms. The molecular formula is C10H10F2O3. The summed E-state index contributed by atoms with van der Waals surface area (Å²) in [6.45, 7) is -1.37. The molecular weight excluding hydrogens is 206 g/mol. The highest BCUT2D eigenvalue weighted by atomic mass is 19.3. The van der Waals surface area contributed by atoms with E-state index in [1.54, 1.807) is 6.92 Å². The molecule has 0 aliphatic rings. The third-order valence-corrected chi connectivity index (χ3v) is 1.82. The Morgan fingerprint density at radius 2 is 2.20 bits per heavy atom. The molecule has 1 N–H and O–H groups in total. The first-order valence-corrected chi connectivity index (χ1v) is 4.35. The first-order chi connectivity index (χ1) is 7.04. The van der Waals surface area contributed by atoms with E-state index < -0.39 is 12.4 Å². The summed E-state index contributed by atoms with van der Waals surface area (Å²) < 4.78 is 27.8. The largest absolute Gasteiger partial charge is 0.504 e.